The summed E-state index contributed by atoms with van der Waals surface area (Å²) in [5, 5.41) is 0.586. The molecule has 1 fully saturated rings. The maximum absolute atomic E-state index is 6.26. The van der Waals surface area contributed by atoms with Crippen molar-refractivity contribution < 1.29 is 0 Å². The monoisotopic (exact) mass is 285 g/mol. The summed E-state index contributed by atoms with van der Waals surface area (Å²) in [6.07, 6.45) is 0. The zero-order valence-corrected chi connectivity index (χ0v) is 13.0. The molecule has 1 aromatic heterocycles. The van der Waals surface area contributed by atoms with Crippen LogP contribution in [0.1, 0.15) is 32.2 Å². The molecule has 1 saturated heterocycles. The van der Waals surface area contributed by atoms with Gasteiger partial charge < -0.3 is 4.90 Å². The van der Waals surface area contributed by atoms with E-state index >= 15 is 0 Å². The zero-order chi connectivity index (χ0) is 13.3. The van der Waals surface area contributed by atoms with Crippen LogP contribution in [0.2, 0.25) is 5.15 Å². The van der Waals surface area contributed by atoms with Crippen LogP contribution in [0.5, 0.6) is 0 Å². The van der Waals surface area contributed by atoms with E-state index in [1.165, 1.54) is 0 Å². The van der Waals surface area contributed by atoms with Gasteiger partial charge in [-0.3, -0.25) is 0 Å². The van der Waals surface area contributed by atoms with Gasteiger partial charge in [-0.05, 0) is 6.92 Å². The second kappa shape index (κ2) is 5.25. The van der Waals surface area contributed by atoms with Gasteiger partial charge >= 0.3 is 0 Å². The summed E-state index contributed by atoms with van der Waals surface area (Å²) >= 11 is 8.26. The Hall–Kier alpha value is -0.480. The third-order valence-corrected chi connectivity index (χ3v) is 4.35. The maximum atomic E-state index is 6.26. The van der Waals surface area contributed by atoms with E-state index in [9.17, 15) is 0 Å². The fourth-order valence-corrected chi connectivity index (χ4v) is 2.96. The van der Waals surface area contributed by atoms with Crippen LogP contribution in [-0.4, -0.2) is 34.6 Å². The summed E-state index contributed by atoms with van der Waals surface area (Å²) in [5.74, 6) is 4.16. The molecule has 0 amide bonds. The molecule has 1 aliphatic rings. The molecule has 0 radical (unpaired) electrons. The molecule has 0 unspecified atom stereocenters. The molecule has 2 heterocycles. The highest BCUT2D eigenvalue weighted by atomic mass is 35.5. The standard InChI is InChI=1S/C13H20ClN3S/c1-9-10(14)15-12(13(2,3)4)16-11(9)17-5-7-18-8-6-17/h5-8H2,1-4H3. The van der Waals surface area contributed by atoms with Crippen molar-refractivity contribution in [2.75, 3.05) is 29.5 Å². The minimum absolute atomic E-state index is 0.0728. The first-order valence-electron chi connectivity index (χ1n) is 6.27. The van der Waals surface area contributed by atoms with Gasteiger partial charge in [-0.25, -0.2) is 9.97 Å². The highest BCUT2D eigenvalue weighted by Crippen LogP contribution is 2.29. The van der Waals surface area contributed by atoms with Gasteiger partial charge in [0.25, 0.3) is 0 Å². The van der Waals surface area contributed by atoms with Crippen LogP contribution in [0.15, 0.2) is 0 Å². The molecular weight excluding hydrogens is 266 g/mol. The van der Waals surface area contributed by atoms with Gasteiger partial charge in [-0.2, -0.15) is 11.8 Å². The normalized spacial score (nSPS) is 17.1. The Labute approximate surface area is 118 Å². The van der Waals surface area contributed by atoms with E-state index in [0.29, 0.717) is 5.15 Å². The number of anilines is 1. The largest absolute Gasteiger partial charge is 0.355 e. The lowest BCUT2D eigenvalue weighted by molar-refractivity contribution is 0.543. The first-order valence-corrected chi connectivity index (χ1v) is 7.80. The SMILES string of the molecule is Cc1c(Cl)nc(C(C)(C)C)nc1N1CCSCC1. The Morgan fingerprint density at radius 3 is 2.33 bits per heavy atom. The van der Waals surface area contributed by atoms with Crippen molar-refractivity contribution in [3.63, 3.8) is 0 Å². The molecule has 0 bridgehead atoms. The van der Waals surface area contributed by atoms with Gasteiger partial charge in [0, 0.05) is 35.6 Å². The van der Waals surface area contributed by atoms with Gasteiger partial charge in [-0.15, -0.1) is 0 Å². The number of halogens is 1. The number of hydrogen-bond donors (Lipinski definition) is 0. The molecule has 0 aliphatic carbocycles. The van der Waals surface area contributed by atoms with Crippen LogP contribution in [0.3, 0.4) is 0 Å². The smallest absolute Gasteiger partial charge is 0.137 e. The van der Waals surface area contributed by atoms with Crippen LogP contribution in [0, 0.1) is 6.92 Å². The summed E-state index contributed by atoms with van der Waals surface area (Å²) in [6.45, 7) is 10.4. The lowest BCUT2D eigenvalue weighted by atomic mass is 9.95. The summed E-state index contributed by atoms with van der Waals surface area (Å²) in [5.41, 5.74) is 0.924. The van der Waals surface area contributed by atoms with E-state index < -0.39 is 0 Å². The second-order valence-corrected chi connectivity index (χ2v) is 7.22. The van der Waals surface area contributed by atoms with Crippen LogP contribution in [-0.2, 0) is 5.41 Å². The predicted molar refractivity (Wildman–Crippen MR) is 80.0 cm³/mol. The van der Waals surface area contributed by atoms with Crippen LogP contribution >= 0.6 is 23.4 Å². The fourth-order valence-electron chi connectivity index (χ4n) is 1.90. The van der Waals surface area contributed by atoms with Crippen molar-refractivity contribution in [1.29, 1.82) is 0 Å². The van der Waals surface area contributed by atoms with Gasteiger partial charge in [0.15, 0.2) is 0 Å². The summed E-state index contributed by atoms with van der Waals surface area (Å²) in [4.78, 5) is 11.5. The predicted octanol–water partition coefficient (Wildman–Crippen LogP) is 3.29. The Balaban J connectivity index is 2.42. The molecule has 0 spiro atoms. The van der Waals surface area contributed by atoms with E-state index in [1.807, 2.05) is 18.7 Å². The molecule has 1 aromatic rings. The molecule has 3 nitrogen and oxygen atoms in total. The molecule has 18 heavy (non-hydrogen) atoms. The highest BCUT2D eigenvalue weighted by Gasteiger charge is 2.23. The second-order valence-electron chi connectivity index (χ2n) is 5.64. The third-order valence-electron chi connectivity index (χ3n) is 3.04. The minimum atomic E-state index is -0.0728. The van der Waals surface area contributed by atoms with Crippen molar-refractivity contribution in [2.24, 2.45) is 0 Å². The first kappa shape index (κ1) is 13.9. The molecule has 5 heteroatoms. The van der Waals surface area contributed by atoms with E-state index in [0.717, 1.165) is 41.8 Å². The third kappa shape index (κ3) is 2.91. The number of aromatic nitrogens is 2. The zero-order valence-electron chi connectivity index (χ0n) is 11.5. The molecule has 0 atom stereocenters. The Morgan fingerprint density at radius 2 is 1.78 bits per heavy atom. The summed E-state index contributed by atoms with van der Waals surface area (Å²) in [7, 11) is 0. The van der Waals surface area contributed by atoms with Crippen LogP contribution in [0.25, 0.3) is 0 Å². The molecule has 2 rings (SSSR count). The van der Waals surface area contributed by atoms with Crippen molar-refractivity contribution in [3.05, 3.63) is 16.5 Å². The molecule has 0 aromatic carbocycles. The van der Waals surface area contributed by atoms with E-state index in [4.69, 9.17) is 16.6 Å². The number of hydrogen-bond acceptors (Lipinski definition) is 4. The molecule has 100 valence electrons. The summed E-state index contributed by atoms with van der Waals surface area (Å²) in [6, 6.07) is 0. The lowest BCUT2D eigenvalue weighted by Crippen LogP contribution is -2.34. The molecule has 1 aliphatic heterocycles. The Morgan fingerprint density at radius 1 is 1.17 bits per heavy atom. The maximum Gasteiger partial charge on any atom is 0.137 e. The topological polar surface area (TPSA) is 29.0 Å². The fraction of sp³-hybridized carbons (Fsp3) is 0.692. The lowest BCUT2D eigenvalue weighted by Gasteiger charge is -2.30. The average Bonchev–Trinajstić information content (AvgIpc) is 2.32. The minimum Gasteiger partial charge on any atom is -0.355 e. The highest BCUT2D eigenvalue weighted by molar-refractivity contribution is 7.99. The quantitative estimate of drug-likeness (QED) is 0.741. The van der Waals surface area contributed by atoms with Crippen molar-refractivity contribution in [2.45, 2.75) is 33.1 Å². The molecule has 0 saturated carbocycles. The average molecular weight is 286 g/mol. The van der Waals surface area contributed by atoms with Crippen LogP contribution in [0.4, 0.5) is 5.82 Å². The van der Waals surface area contributed by atoms with E-state index in [1.54, 1.807) is 0 Å². The van der Waals surface area contributed by atoms with Gasteiger partial charge in [-0.1, -0.05) is 32.4 Å². The van der Waals surface area contributed by atoms with Gasteiger partial charge in [0.1, 0.15) is 16.8 Å². The number of rotatable bonds is 1. The van der Waals surface area contributed by atoms with Gasteiger partial charge in [0.2, 0.25) is 0 Å². The van der Waals surface area contributed by atoms with Gasteiger partial charge in [0.05, 0.1) is 0 Å². The Bertz CT molecular complexity index is 437. The van der Waals surface area contributed by atoms with E-state index in [-0.39, 0.29) is 5.41 Å². The number of thioether (sulfide) groups is 1. The molecular formula is C13H20ClN3S. The van der Waals surface area contributed by atoms with Crippen LogP contribution < -0.4 is 4.90 Å². The first-order chi connectivity index (χ1) is 8.39. The van der Waals surface area contributed by atoms with Crippen molar-refractivity contribution >= 4 is 29.2 Å². The number of nitrogens with zero attached hydrogens (tertiary/aromatic N) is 3. The Kier molecular flexibility index (Phi) is 4.07. The summed E-state index contributed by atoms with van der Waals surface area (Å²) < 4.78 is 0. The van der Waals surface area contributed by atoms with Crippen molar-refractivity contribution in [1.82, 2.24) is 9.97 Å². The molecule has 0 N–H and O–H groups in total. The van der Waals surface area contributed by atoms with Crippen molar-refractivity contribution in [3.8, 4) is 0 Å². The van der Waals surface area contributed by atoms with E-state index in [2.05, 4.69) is 30.7 Å².